The van der Waals surface area contributed by atoms with Crippen molar-refractivity contribution in [1.82, 2.24) is 0 Å². The first-order valence-corrected chi connectivity index (χ1v) is 6.53. The van der Waals surface area contributed by atoms with E-state index in [0.29, 0.717) is 0 Å². The summed E-state index contributed by atoms with van der Waals surface area (Å²) in [6, 6.07) is 3.86. The van der Waals surface area contributed by atoms with Crippen LogP contribution < -0.4 is 10.1 Å². The van der Waals surface area contributed by atoms with Crippen molar-refractivity contribution in [3.8, 4) is 5.75 Å². The van der Waals surface area contributed by atoms with Crippen molar-refractivity contribution in [2.75, 3.05) is 31.0 Å². The van der Waals surface area contributed by atoms with E-state index in [1.54, 1.807) is 7.11 Å². The fourth-order valence-electron chi connectivity index (χ4n) is 1.26. The second kappa shape index (κ2) is 6.13. The Balaban J connectivity index is 2.80. The molecule has 0 amide bonds. The fourth-order valence-corrected chi connectivity index (χ4v) is 1.72. The number of nitrogens with one attached hydrogen (secondary N) is 1. The largest absolute Gasteiger partial charge is 0.495 e. The quantitative estimate of drug-likeness (QED) is 0.804. The molecule has 0 aliphatic carbocycles. The van der Waals surface area contributed by atoms with Crippen molar-refractivity contribution in [1.29, 1.82) is 0 Å². The summed E-state index contributed by atoms with van der Waals surface area (Å²) >= 11 is 7.83. The van der Waals surface area contributed by atoms with Gasteiger partial charge in [0.25, 0.3) is 0 Å². The van der Waals surface area contributed by atoms with Crippen LogP contribution in [-0.4, -0.2) is 25.7 Å². The number of hydrogen-bond acceptors (Lipinski definition) is 3. The van der Waals surface area contributed by atoms with Gasteiger partial charge in [0.2, 0.25) is 0 Å². The van der Waals surface area contributed by atoms with Crippen molar-refractivity contribution in [3.63, 3.8) is 0 Å². The molecule has 1 N–H and O–H groups in total. The van der Waals surface area contributed by atoms with E-state index in [1.807, 2.05) is 30.8 Å². The van der Waals surface area contributed by atoms with Crippen LogP contribution in [0.5, 0.6) is 5.75 Å². The van der Waals surface area contributed by atoms with Crippen LogP contribution in [-0.2, 0) is 0 Å². The second-order valence-electron chi connectivity index (χ2n) is 3.22. The SMILES string of the molecule is COc1cc(Cl)c(C)cc1NCCSC. The highest BCUT2D eigenvalue weighted by molar-refractivity contribution is 7.98. The van der Waals surface area contributed by atoms with Crippen LogP contribution in [0.4, 0.5) is 5.69 Å². The van der Waals surface area contributed by atoms with E-state index in [4.69, 9.17) is 16.3 Å². The predicted octanol–water partition coefficient (Wildman–Crippen LogP) is 3.43. The van der Waals surface area contributed by atoms with Gasteiger partial charge < -0.3 is 10.1 Å². The Kier molecular flexibility index (Phi) is 5.12. The number of thioether (sulfide) groups is 1. The number of hydrogen-bond donors (Lipinski definition) is 1. The first-order chi connectivity index (χ1) is 7.19. The standard InChI is InChI=1S/C11H16ClNOS/c1-8-6-10(13-4-5-15-3)11(14-2)7-9(8)12/h6-7,13H,4-5H2,1-3H3. The molecular weight excluding hydrogens is 230 g/mol. The lowest BCUT2D eigenvalue weighted by molar-refractivity contribution is 0.416. The van der Waals surface area contributed by atoms with Crippen molar-refractivity contribution >= 4 is 29.1 Å². The van der Waals surface area contributed by atoms with Crippen molar-refractivity contribution in [3.05, 3.63) is 22.7 Å². The van der Waals surface area contributed by atoms with Crippen molar-refractivity contribution in [2.45, 2.75) is 6.92 Å². The highest BCUT2D eigenvalue weighted by Gasteiger charge is 2.05. The number of halogens is 1. The zero-order valence-corrected chi connectivity index (χ0v) is 10.8. The van der Waals surface area contributed by atoms with Gasteiger partial charge in [-0.1, -0.05) is 11.6 Å². The third-order valence-corrected chi connectivity index (χ3v) is 3.12. The topological polar surface area (TPSA) is 21.3 Å². The lowest BCUT2D eigenvalue weighted by Gasteiger charge is -2.12. The number of aryl methyl sites for hydroxylation is 1. The molecule has 0 spiro atoms. The van der Waals surface area contributed by atoms with E-state index in [-0.39, 0.29) is 0 Å². The van der Waals surface area contributed by atoms with Crippen molar-refractivity contribution in [2.24, 2.45) is 0 Å². The summed E-state index contributed by atoms with van der Waals surface area (Å²) in [6.07, 6.45) is 2.09. The molecule has 1 rings (SSSR count). The number of rotatable bonds is 5. The smallest absolute Gasteiger partial charge is 0.143 e. The monoisotopic (exact) mass is 245 g/mol. The minimum absolute atomic E-state index is 0.738. The summed E-state index contributed by atoms with van der Waals surface area (Å²) < 4.78 is 5.26. The van der Waals surface area contributed by atoms with E-state index in [0.717, 1.165) is 34.3 Å². The molecule has 0 aliphatic heterocycles. The first-order valence-electron chi connectivity index (χ1n) is 4.76. The molecule has 1 aromatic carbocycles. The van der Waals surface area contributed by atoms with Gasteiger partial charge >= 0.3 is 0 Å². The summed E-state index contributed by atoms with van der Waals surface area (Å²) in [7, 11) is 1.65. The molecule has 0 bridgehead atoms. The molecule has 0 atom stereocenters. The van der Waals surface area contributed by atoms with Gasteiger partial charge in [-0.15, -0.1) is 0 Å². The first kappa shape index (κ1) is 12.5. The third kappa shape index (κ3) is 3.50. The predicted molar refractivity (Wildman–Crippen MR) is 69.6 cm³/mol. The summed E-state index contributed by atoms with van der Waals surface area (Å²) in [5.74, 6) is 1.87. The molecular formula is C11H16ClNOS. The highest BCUT2D eigenvalue weighted by atomic mass is 35.5. The summed E-state index contributed by atoms with van der Waals surface area (Å²) in [4.78, 5) is 0. The molecule has 0 saturated carbocycles. The average Bonchev–Trinajstić information content (AvgIpc) is 2.23. The lowest BCUT2D eigenvalue weighted by atomic mass is 10.2. The number of ether oxygens (including phenoxy) is 1. The zero-order chi connectivity index (χ0) is 11.3. The Morgan fingerprint density at radius 1 is 1.47 bits per heavy atom. The minimum atomic E-state index is 0.738. The van der Waals surface area contributed by atoms with Gasteiger partial charge in [0.15, 0.2) is 0 Å². The highest BCUT2D eigenvalue weighted by Crippen LogP contribution is 2.30. The van der Waals surface area contributed by atoms with Gasteiger partial charge in [-0.05, 0) is 24.8 Å². The van der Waals surface area contributed by atoms with E-state index in [2.05, 4.69) is 11.6 Å². The third-order valence-electron chi connectivity index (χ3n) is 2.10. The molecule has 0 aliphatic rings. The van der Waals surface area contributed by atoms with Gasteiger partial charge in [-0.3, -0.25) is 0 Å². The molecule has 0 fully saturated rings. The molecule has 0 radical (unpaired) electrons. The Morgan fingerprint density at radius 2 is 2.20 bits per heavy atom. The van der Waals surface area contributed by atoms with Crippen LogP contribution in [0.25, 0.3) is 0 Å². The molecule has 0 heterocycles. The van der Waals surface area contributed by atoms with Crippen LogP contribution in [0.15, 0.2) is 12.1 Å². The van der Waals surface area contributed by atoms with E-state index in [1.165, 1.54) is 0 Å². The van der Waals surface area contributed by atoms with Gasteiger partial charge in [0.05, 0.1) is 12.8 Å². The zero-order valence-electron chi connectivity index (χ0n) is 9.26. The Bertz CT molecular complexity index is 331. The van der Waals surface area contributed by atoms with Crippen molar-refractivity contribution < 1.29 is 4.74 Å². The molecule has 0 aromatic heterocycles. The lowest BCUT2D eigenvalue weighted by Crippen LogP contribution is -2.05. The summed E-state index contributed by atoms with van der Waals surface area (Å²) in [6.45, 7) is 2.92. The Morgan fingerprint density at radius 3 is 2.80 bits per heavy atom. The van der Waals surface area contributed by atoms with Gasteiger partial charge in [0.1, 0.15) is 5.75 Å². The molecule has 2 nitrogen and oxygen atoms in total. The van der Waals surface area contributed by atoms with E-state index in [9.17, 15) is 0 Å². The summed E-state index contributed by atoms with van der Waals surface area (Å²) in [5.41, 5.74) is 2.07. The Hall–Kier alpha value is -0.540. The summed E-state index contributed by atoms with van der Waals surface area (Å²) in [5, 5.41) is 4.07. The minimum Gasteiger partial charge on any atom is -0.495 e. The van der Waals surface area contributed by atoms with Crippen LogP contribution in [0.1, 0.15) is 5.56 Å². The molecule has 4 heteroatoms. The van der Waals surface area contributed by atoms with Gasteiger partial charge in [0, 0.05) is 23.4 Å². The van der Waals surface area contributed by atoms with Crippen LogP contribution in [0, 0.1) is 6.92 Å². The van der Waals surface area contributed by atoms with E-state index < -0.39 is 0 Å². The van der Waals surface area contributed by atoms with Gasteiger partial charge in [-0.2, -0.15) is 11.8 Å². The number of anilines is 1. The molecule has 1 aromatic rings. The number of methoxy groups -OCH3 is 1. The Labute approximate surface area is 100 Å². The van der Waals surface area contributed by atoms with Crippen LogP contribution >= 0.6 is 23.4 Å². The number of benzene rings is 1. The van der Waals surface area contributed by atoms with E-state index >= 15 is 0 Å². The van der Waals surface area contributed by atoms with Crippen LogP contribution in [0.2, 0.25) is 5.02 Å². The second-order valence-corrected chi connectivity index (χ2v) is 4.61. The molecule has 0 saturated heterocycles. The maximum Gasteiger partial charge on any atom is 0.143 e. The maximum absolute atomic E-state index is 6.01. The average molecular weight is 246 g/mol. The molecule has 0 unspecified atom stereocenters. The molecule has 84 valence electrons. The van der Waals surface area contributed by atoms with Crippen LogP contribution in [0.3, 0.4) is 0 Å². The normalized spacial score (nSPS) is 10.1. The van der Waals surface area contributed by atoms with Gasteiger partial charge in [-0.25, -0.2) is 0 Å². The fraction of sp³-hybridized carbons (Fsp3) is 0.455. The molecule has 15 heavy (non-hydrogen) atoms. The maximum atomic E-state index is 6.01.